The molecule has 0 saturated carbocycles. The summed E-state index contributed by atoms with van der Waals surface area (Å²) in [7, 11) is -1.27. The Balaban J connectivity index is 3.61. The molecule has 0 radical (unpaired) electrons. The molecule has 1 atom stereocenters. The maximum absolute atomic E-state index is 13.0. The van der Waals surface area contributed by atoms with Crippen LogP contribution in [-0.4, -0.2) is 35.9 Å². The Morgan fingerprint density at radius 1 is 1.05 bits per heavy atom. The van der Waals surface area contributed by atoms with Gasteiger partial charge in [-0.1, -0.05) is 0 Å². The summed E-state index contributed by atoms with van der Waals surface area (Å²) in [4.78, 5) is 0. The summed E-state index contributed by atoms with van der Waals surface area (Å²) < 4.78 is 76.2. The van der Waals surface area contributed by atoms with E-state index in [-0.39, 0.29) is 17.2 Å². The third-order valence-corrected chi connectivity index (χ3v) is 3.81. The maximum atomic E-state index is 13.0. The van der Waals surface area contributed by atoms with E-state index in [1.54, 1.807) is 0 Å². The van der Waals surface area contributed by atoms with E-state index in [4.69, 9.17) is 19.3 Å². The Bertz CT molecular complexity index is 590. The molecule has 0 amide bonds. The lowest BCUT2D eigenvalue weighted by Crippen LogP contribution is -2.33. The van der Waals surface area contributed by atoms with Crippen LogP contribution in [0.3, 0.4) is 0 Å². The van der Waals surface area contributed by atoms with Crippen molar-refractivity contribution in [2.24, 2.45) is 5.14 Å². The molecule has 0 spiro atoms. The standard InChI is InChI=1S/C11H14F3NO5S/c1-18-7-4-6(5-8(19-2)9(7)20-3)10(11(12,13)14)21(15,16)17/h4-5,10H,1-3H3,(H2,15,16,17). The van der Waals surface area contributed by atoms with Gasteiger partial charge >= 0.3 is 6.18 Å². The number of primary sulfonamides is 1. The van der Waals surface area contributed by atoms with Gasteiger partial charge in [0.25, 0.3) is 0 Å². The number of nitrogens with two attached hydrogens (primary N) is 1. The minimum atomic E-state index is -5.09. The summed E-state index contributed by atoms with van der Waals surface area (Å²) >= 11 is 0. The predicted octanol–water partition coefficient (Wildman–Crippen LogP) is 1.60. The average Bonchev–Trinajstić information content (AvgIpc) is 2.33. The van der Waals surface area contributed by atoms with Gasteiger partial charge in [0.05, 0.1) is 21.3 Å². The molecule has 2 N–H and O–H groups in total. The number of alkyl halides is 3. The van der Waals surface area contributed by atoms with Crippen LogP contribution >= 0.6 is 0 Å². The van der Waals surface area contributed by atoms with Gasteiger partial charge < -0.3 is 14.2 Å². The summed E-state index contributed by atoms with van der Waals surface area (Å²) in [5.41, 5.74) is -0.625. The van der Waals surface area contributed by atoms with E-state index in [0.29, 0.717) is 0 Å². The Morgan fingerprint density at radius 2 is 1.48 bits per heavy atom. The highest BCUT2D eigenvalue weighted by molar-refractivity contribution is 7.89. The van der Waals surface area contributed by atoms with Gasteiger partial charge in [-0.3, -0.25) is 0 Å². The monoisotopic (exact) mass is 329 g/mol. The largest absolute Gasteiger partial charge is 0.493 e. The average molecular weight is 329 g/mol. The first-order chi connectivity index (χ1) is 9.56. The second kappa shape index (κ2) is 5.98. The molecule has 6 nitrogen and oxygen atoms in total. The van der Waals surface area contributed by atoms with Crippen molar-refractivity contribution < 1.29 is 35.8 Å². The molecular formula is C11H14F3NO5S. The topological polar surface area (TPSA) is 87.9 Å². The molecule has 1 aromatic rings. The van der Waals surface area contributed by atoms with Crippen LogP contribution in [0, 0.1) is 0 Å². The van der Waals surface area contributed by atoms with E-state index in [2.05, 4.69) is 0 Å². The molecule has 0 saturated heterocycles. The highest BCUT2D eigenvalue weighted by atomic mass is 32.2. The fourth-order valence-corrected chi connectivity index (χ4v) is 2.71. The number of hydrogen-bond acceptors (Lipinski definition) is 5. The van der Waals surface area contributed by atoms with E-state index in [9.17, 15) is 21.6 Å². The van der Waals surface area contributed by atoms with Gasteiger partial charge in [0, 0.05) is 0 Å². The number of sulfonamides is 1. The number of benzene rings is 1. The van der Waals surface area contributed by atoms with Gasteiger partial charge in [0.2, 0.25) is 15.8 Å². The first-order valence-electron chi connectivity index (χ1n) is 5.44. The van der Waals surface area contributed by atoms with Crippen molar-refractivity contribution in [3.8, 4) is 17.2 Å². The van der Waals surface area contributed by atoms with Crippen molar-refractivity contribution in [2.45, 2.75) is 11.4 Å². The molecule has 10 heteroatoms. The van der Waals surface area contributed by atoms with Crippen molar-refractivity contribution in [3.63, 3.8) is 0 Å². The number of ether oxygens (including phenoxy) is 3. The number of halogens is 3. The second-order valence-electron chi connectivity index (χ2n) is 3.97. The quantitative estimate of drug-likeness (QED) is 0.886. The smallest absolute Gasteiger partial charge is 0.410 e. The lowest BCUT2D eigenvalue weighted by atomic mass is 10.1. The van der Waals surface area contributed by atoms with Gasteiger partial charge in [-0.05, 0) is 17.7 Å². The molecule has 0 aliphatic carbocycles. The minimum Gasteiger partial charge on any atom is -0.493 e. The van der Waals surface area contributed by atoms with E-state index in [1.807, 2.05) is 0 Å². The van der Waals surface area contributed by atoms with Crippen LogP contribution in [-0.2, 0) is 10.0 Å². The van der Waals surface area contributed by atoms with Crippen molar-refractivity contribution in [1.82, 2.24) is 0 Å². The van der Waals surface area contributed by atoms with Gasteiger partial charge in [-0.15, -0.1) is 0 Å². The molecule has 0 aromatic heterocycles. The minimum absolute atomic E-state index is 0.0408. The summed E-state index contributed by atoms with van der Waals surface area (Å²) in [6.45, 7) is 0. The molecular weight excluding hydrogens is 315 g/mol. The van der Waals surface area contributed by atoms with Crippen LogP contribution in [0.25, 0.3) is 0 Å². The normalized spacial score (nSPS) is 13.7. The molecule has 0 fully saturated rings. The van der Waals surface area contributed by atoms with Gasteiger partial charge in [-0.2, -0.15) is 13.2 Å². The molecule has 21 heavy (non-hydrogen) atoms. The van der Waals surface area contributed by atoms with Crippen LogP contribution in [0.15, 0.2) is 12.1 Å². The molecule has 0 bridgehead atoms. The summed E-state index contributed by atoms with van der Waals surface area (Å²) in [5.74, 6) is -0.173. The maximum Gasteiger partial charge on any atom is 0.410 e. The molecule has 0 aliphatic rings. The predicted molar refractivity (Wildman–Crippen MR) is 68.0 cm³/mol. The van der Waals surface area contributed by atoms with Crippen LogP contribution in [0.2, 0.25) is 0 Å². The number of rotatable bonds is 5. The van der Waals surface area contributed by atoms with E-state index in [0.717, 1.165) is 12.1 Å². The zero-order valence-electron chi connectivity index (χ0n) is 11.4. The van der Waals surface area contributed by atoms with Crippen molar-refractivity contribution in [3.05, 3.63) is 17.7 Å². The molecule has 0 aliphatic heterocycles. The Morgan fingerprint density at radius 3 is 1.71 bits per heavy atom. The van der Waals surface area contributed by atoms with Gasteiger partial charge in [0.15, 0.2) is 16.7 Å². The lowest BCUT2D eigenvalue weighted by molar-refractivity contribution is -0.131. The van der Waals surface area contributed by atoms with Gasteiger partial charge in [-0.25, -0.2) is 13.6 Å². The molecule has 1 unspecified atom stereocenters. The zero-order chi connectivity index (χ0) is 16.4. The summed E-state index contributed by atoms with van der Waals surface area (Å²) in [6, 6.07) is 1.79. The van der Waals surface area contributed by atoms with Crippen molar-refractivity contribution in [2.75, 3.05) is 21.3 Å². The van der Waals surface area contributed by atoms with Crippen LogP contribution in [0.1, 0.15) is 10.8 Å². The lowest BCUT2D eigenvalue weighted by Gasteiger charge is -2.21. The van der Waals surface area contributed by atoms with Gasteiger partial charge in [0.1, 0.15) is 0 Å². The van der Waals surface area contributed by atoms with Crippen LogP contribution in [0.5, 0.6) is 17.2 Å². The Labute approximate surface area is 119 Å². The molecule has 0 heterocycles. The molecule has 1 aromatic carbocycles. The zero-order valence-corrected chi connectivity index (χ0v) is 12.2. The fourth-order valence-electron chi connectivity index (χ4n) is 1.82. The van der Waals surface area contributed by atoms with E-state index >= 15 is 0 Å². The Hall–Kier alpha value is -1.68. The molecule has 1 rings (SSSR count). The number of methoxy groups -OCH3 is 3. The van der Waals surface area contributed by atoms with E-state index in [1.165, 1.54) is 21.3 Å². The second-order valence-corrected chi connectivity index (χ2v) is 5.62. The third-order valence-electron chi connectivity index (χ3n) is 2.62. The first kappa shape index (κ1) is 17.4. The third kappa shape index (κ3) is 3.70. The SMILES string of the molecule is COc1cc(C(C(F)(F)F)S(N)(=O)=O)cc(OC)c1OC. The fraction of sp³-hybridized carbons (Fsp3) is 0.455. The highest BCUT2D eigenvalue weighted by Crippen LogP contribution is 2.45. The van der Waals surface area contributed by atoms with Crippen molar-refractivity contribution >= 4 is 10.0 Å². The van der Waals surface area contributed by atoms with Crippen LogP contribution < -0.4 is 19.3 Å². The van der Waals surface area contributed by atoms with E-state index < -0.39 is 27.0 Å². The van der Waals surface area contributed by atoms with Crippen molar-refractivity contribution in [1.29, 1.82) is 0 Å². The summed E-state index contributed by atoms with van der Waals surface area (Å²) in [5, 5.41) is 1.80. The summed E-state index contributed by atoms with van der Waals surface area (Å²) in [6.07, 6.45) is -5.09. The highest BCUT2D eigenvalue weighted by Gasteiger charge is 2.49. The molecule has 120 valence electrons. The Kier molecular flexibility index (Phi) is 4.95. The number of hydrogen-bond donors (Lipinski definition) is 1. The first-order valence-corrected chi connectivity index (χ1v) is 7.05. The van der Waals surface area contributed by atoms with Crippen LogP contribution in [0.4, 0.5) is 13.2 Å².